The van der Waals surface area contributed by atoms with Gasteiger partial charge in [-0.15, -0.1) is 0 Å². The molecule has 0 saturated carbocycles. The van der Waals surface area contributed by atoms with Crippen molar-refractivity contribution < 1.29 is 9.59 Å². The van der Waals surface area contributed by atoms with Crippen LogP contribution in [0.5, 0.6) is 0 Å². The van der Waals surface area contributed by atoms with Gasteiger partial charge in [0, 0.05) is 19.6 Å². The van der Waals surface area contributed by atoms with E-state index in [0.29, 0.717) is 18.4 Å². The van der Waals surface area contributed by atoms with Gasteiger partial charge in [0.1, 0.15) is 5.41 Å². The molecule has 1 aliphatic heterocycles. The number of hydrogen-bond acceptors (Lipinski definition) is 2. The number of amides is 2. The van der Waals surface area contributed by atoms with Gasteiger partial charge in [-0.25, -0.2) is 0 Å². The summed E-state index contributed by atoms with van der Waals surface area (Å²) in [5.74, 6) is 1.05. The Morgan fingerprint density at radius 3 is 2.30 bits per heavy atom. The lowest BCUT2D eigenvalue weighted by Gasteiger charge is -2.35. The van der Waals surface area contributed by atoms with Crippen molar-refractivity contribution in [2.24, 2.45) is 17.3 Å². The fourth-order valence-corrected chi connectivity index (χ4v) is 2.40. The summed E-state index contributed by atoms with van der Waals surface area (Å²) < 4.78 is 0. The molecule has 0 spiro atoms. The Morgan fingerprint density at radius 2 is 1.80 bits per heavy atom. The van der Waals surface area contributed by atoms with E-state index in [1.54, 1.807) is 13.8 Å². The molecule has 20 heavy (non-hydrogen) atoms. The van der Waals surface area contributed by atoms with E-state index in [9.17, 15) is 9.59 Å². The van der Waals surface area contributed by atoms with Crippen molar-refractivity contribution in [3.8, 4) is 0 Å². The van der Waals surface area contributed by atoms with Crippen molar-refractivity contribution in [1.82, 2.24) is 10.2 Å². The average Bonchev–Trinajstić information content (AvgIpc) is 2.38. The van der Waals surface area contributed by atoms with Crippen molar-refractivity contribution in [3.05, 3.63) is 0 Å². The Morgan fingerprint density at radius 1 is 1.25 bits per heavy atom. The van der Waals surface area contributed by atoms with Gasteiger partial charge >= 0.3 is 0 Å². The van der Waals surface area contributed by atoms with E-state index in [4.69, 9.17) is 0 Å². The van der Waals surface area contributed by atoms with E-state index in [1.165, 1.54) is 0 Å². The summed E-state index contributed by atoms with van der Waals surface area (Å²) in [5.41, 5.74) is -0.961. The van der Waals surface area contributed by atoms with Gasteiger partial charge < -0.3 is 10.2 Å². The summed E-state index contributed by atoms with van der Waals surface area (Å²) in [6, 6.07) is 0. The van der Waals surface area contributed by atoms with Crippen LogP contribution < -0.4 is 5.32 Å². The molecule has 4 nitrogen and oxygen atoms in total. The van der Waals surface area contributed by atoms with Crippen LogP contribution >= 0.6 is 0 Å². The lowest BCUT2D eigenvalue weighted by atomic mass is 9.88. The van der Waals surface area contributed by atoms with Crippen LogP contribution in [0.3, 0.4) is 0 Å². The highest BCUT2D eigenvalue weighted by Gasteiger charge is 2.39. The van der Waals surface area contributed by atoms with Crippen LogP contribution in [0, 0.1) is 17.3 Å². The molecule has 0 aromatic carbocycles. The lowest BCUT2D eigenvalue weighted by Crippen LogP contribution is -2.51. The molecule has 116 valence electrons. The molecule has 0 aromatic rings. The largest absolute Gasteiger partial charge is 0.355 e. The maximum Gasteiger partial charge on any atom is 0.237 e. The van der Waals surface area contributed by atoms with Crippen molar-refractivity contribution in [2.45, 2.75) is 53.9 Å². The summed E-state index contributed by atoms with van der Waals surface area (Å²) in [6.07, 6.45) is 3.02. The second-order valence-electron chi connectivity index (χ2n) is 7.04. The second-order valence-corrected chi connectivity index (χ2v) is 7.04. The SMILES string of the molecule is CC(C)CCNC(=O)C(C)(C)C(=O)N1CCC(C)CC1. The Labute approximate surface area is 123 Å². The van der Waals surface area contributed by atoms with Crippen LogP contribution in [0.1, 0.15) is 53.9 Å². The fourth-order valence-electron chi connectivity index (χ4n) is 2.40. The molecular formula is C16H30N2O2. The fraction of sp³-hybridized carbons (Fsp3) is 0.875. The van der Waals surface area contributed by atoms with Gasteiger partial charge in [0.05, 0.1) is 0 Å². The number of hydrogen-bond donors (Lipinski definition) is 1. The summed E-state index contributed by atoms with van der Waals surface area (Å²) in [7, 11) is 0. The van der Waals surface area contributed by atoms with Crippen LogP contribution in [-0.4, -0.2) is 36.3 Å². The number of piperidine rings is 1. The van der Waals surface area contributed by atoms with Gasteiger partial charge in [-0.3, -0.25) is 9.59 Å². The van der Waals surface area contributed by atoms with Crippen LogP contribution in [0.4, 0.5) is 0 Å². The third-order valence-electron chi connectivity index (χ3n) is 4.18. The molecule has 0 aliphatic carbocycles. The lowest BCUT2D eigenvalue weighted by molar-refractivity contribution is -0.149. The van der Waals surface area contributed by atoms with E-state index in [-0.39, 0.29) is 11.8 Å². The van der Waals surface area contributed by atoms with Gasteiger partial charge in [-0.2, -0.15) is 0 Å². The van der Waals surface area contributed by atoms with E-state index >= 15 is 0 Å². The molecule has 1 fully saturated rings. The van der Waals surface area contributed by atoms with E-state index in [1.807, 2.05) is 4.90 Å². The highest BCUT2D eigenvalue weighted by atomic mass is 16.2. The molecule has 0 aromatic heterocycles. The van der Waals surface area contributed by atoms with Gasteiger partial charge in [0.15, 0.2) is 0 Å². The standard InChI is InChI=1S/C16H30N2O2/c1-12(2)6-9-17-14(19)16(4,5)15(20)18-10-7-13(3)8-11-18/h12-13H,6-11H2,1-5H3,(H,17,19). The number of rotatable bonds is 5. The first-order valence-corrected chi connectivity index (χ1v) is 7.82. The molecule has 1 saturated heterocycles. The Hall–Kier alpha value is -1.06. The van der Waals surface area contributed by atoms with Crippen LogP contribution in [0.15, 0.2) is 0 Å². The van der Waals surface area contributed by atoms with E-state index in [2.05, 4.69) is 26.1 Å². The maximum atomic E-state index is 12.5. The summed E-state index contributed by atoms with van der Waals surface area (Å²) in [5, 5.41) is 2.90. The van der Waals surface area contributed by atoms with Gasteiger partial charge in [-0.05, 0) is 44.9 Å². The zero-order valence-corrected chi connectivity index (χ0v) is 13.7. The van der Waals surface area contributed by atoms with Crippen molar-refractivity contribution in [3.63, 3.8) is 0 Å². The highest BCUT2D eigenvalue weighted by molar-refractivity contribution is 6.04. The molecule has 1 N–H and O–H groups in total. The minimum absolute atomic E-state index is 0.0357. The van der Waals surface area contributed by atoms with Crippen molar-refractivity contribution >= 4 is 11.8 Å². The molecule has 0 radical (unpaired) electrons. The van der Waals surface area contributed by atoms with Crippen molar-refractivity contribution in [1.29, 1.82) is 0 Å². The minimum Gasteiger partial charge on any atom is -0.355 e. The predicted octanol–water partition coefficient (Wildman–Crippen LogP) is 2.43. The van der Waals surface area contributed by atoms with Gasteiger partial charge in [0.2, 0.25) is 11.8 Å². The molecule has 0 atom stereocenters. The summed E-state index contributed by atoms with van der Waals surface area (Å²) >= 11 is 0. The Balaban J connectivity index is 2.53. The number of carbonyl (C=O) groups is 2. The molecule has 2 amide bonds. The average molecular weight is 282 g/mol. The first-order valence-electron chi connectivity index (χ1n) is 7.82. The zero-order chi connectivity index (χ0) is 15.3. The Kier molecular flexibility index (Phi) is 6.03. The topological polar surface area (TPSA) is 49.4 Å². The highest BCUT2D eigenvalue weighted by Crippen LogP contribution is 2.24. The normalized spacial score (nSPS) is 17.4. The first-order chi connectivity index (χ1) is 9.25. The monoisotopic (exact) mass is 282 g/mol. The molecule has 1 aliphatic rings. The third-order valence-corrected chi connectivity index (χ3v) is 4.18. The molecular weight excluding hydrogens is 252 g/mol. The Bertz CT molecular complexity index is 342. The van der Waals surface area contributed by atoms with Crippen LogP contribution in [-0.2, 0) is 9.59 Å². The van der Waals surface area contributed by atoms with Gasteiger partial charge in [0.25, 0.3) is 0 Å². The molecule has 1 rings (SSSR count). The molecule has 0 bridgehead atoms. The molecule has 0 unspecified atom stereocenters. The van der Waals surface area contributed by atoms with Crippen LogP contribution in [0.2, 0.25) is 0 Å². The first kappa shape index (κ1) is 17.0. The predicted molar refractivity (Wildman–Crippen MR) is 81.2 cm³/mol. The molecule has 1 heterocycles. The van der Waals surface area contributed by atoms with Gasteiger partial charge in [-0.1, -0.05) is 20.8 Å². The number of nitrogens with zero attached hydrogens (tertiary/aromatic N) is 1. The van der Waals surface area contributed by atoms with Crippen molar-refractivity contribution in [2.75, 3.05) is 19.6 Å². The number of nitrogens with one attached hydrogen (secondary N) is 1. The number of carbonyl (C=O) groups excluding carboxylic acids is 2. The molecule has 4 heteroatoms. The van der Waals surface area contributed by atoms with E-state index in [0.717, 1.165) is 32.4 Å². The maximum absolute atomic E-state index is 12.5. The summed E-state index contributed by atoms with van der Waals surface area (Å²) in [6.45, 7) is 12.1. The van der Waals surface area contributed by atoms with E-state index < -0.39 is 5.41 Å². The third kappa shape index (κ3) is 4.50. The quantitative estimate of drug-likeness (QED) is 0.787. The van der Waals surface area contributed by atoms with Crippen LogP contribution in [0.25, 0.3) is 0 Å². The smallest absolute Gasteiger partial charge is 0.237 e. The number of likely N-dealkylation sites (tertiary alicyclic amines) is 1. The zero-order valence-electron chi connectivity index (χ0n) is 13.7. The summed E-state index contributed by atoms with van der Waals surface area (Å²) in [4.78, 5) is 26.6. The minimum atomic E-state index is -0.961. The second kappa shape index (κ2) is 7.09.